The number of piperazine rings is 1. The lowest BCUT2D eigenvalue weighted by atomic mass is 9.87. The van der Waals surface area contributed by atoms with Crippen LogP contribution in [0.5, 0.6) is 0 Å². The Kier molecular flexibility index (Phi) is 7.66. The molecule has 4 rings (SSSR count). The minimum absolute atomic E-state index is 0.270. The first-order valence-electron chi connectivity index (χ1n) is 12.5. The zero-order valence-corrected chi connectivity index (χ0v) is 21.4. The van der Waals surface area contributed by atoms with Crippen molar-refractivity contribution in [1.82, 2.24) is 15.1 Å². The predicted molar refractivity (Wildman–Crippen MR) is 131 cm³/mol. The second-order valence-corrected chi connectivity index (χ2v) is 11.3. The molecule has 3 saturated heterocycles. The smallest absolute Gasteiger partial charge is 0.251 e. The van der Waals surface area contributed by atoms with Crippen LogP contribution in [0.3, 0.4) is 0 Å². The number of likely N-dealkylation sites (tertiary alicyclic amines) is 1. The van der Waals surface area contributed by atoms with Crippen LogP contribution in [0.25, 0.3) is 0 Å². The molecule has 10 heteroatoms. The van der Waals surface area contributed by atoms with Crippen LogP contribution in [0.15, 0.2) is 24.3 Å². The largest absolute Gasteiger partial charge is 0.369 e. The highest BCUT2D eigenvalue weighted by Crippen LogP contribution is 2.36. The number of likely N-dealkylation sites (N-methyl/N-ethyl adjacent to an activating group) is 1. The summed E-state index contributed by atoms with van der Waals surface area (Å²) in [5.41, 5.74) is 1.10. The van der Waals surface area contributed by atoms with E-state index in [2.05, 4.69) is 22.2 Å². The number of ether oxygens (including phenoxy) is 1. The Morgan fingerprint density at radius 1 is 1.11 bits per heavy atom. The van der Waals surface area contributed by atoms with Crippen molar-refractivity contribution in [2.75, 3.05) is 51.3 Å². The molecule has 0 aromatic heterocycles. The van der Waals surface area contributed by atoms with E-state index in [1.54, 1.807) is 12.1 Å². The molecule has 36 heavy (non-hydrogen) atoms. The van der Waals surface area contributed by atoms with Gasteiger partial charge < -0.3 is 24.8 Å². The van der Waals surface area contributed by atoms with Gasteiger partial charge in [-0.25, -0.2) is 8.78 Å². The number of hydrogen-bond donors (Lipinski definition) is 1. The highest BCUT2D eigenvalue weighted by molar-refractivity contribution is 5.99. The van der Waals surface area contributed by atoms with Crippen molar-refractivity contribution < 1.29 is 27.9 Å². The topological polar surface area (TPSA) is 82.2 Å². The third-order valence-electron chi connectivity index (χ3n) is 7.25. The Morgan fingerprint density at radius 2 is 1.75 bits per heavy atom. The van der Waals surface area contributed by atoms with Gasteiger partial charge in [0.15, 0.2) is 5.78 Å². The van der Waals surface area contributed by atoms with E-state index in [0.29, 0.717) is 12.0 Å². The molecule has 3 aliphatic rings. The molecule has 198 valence electrons. The molecular formula is C26H36F2N4O4. The number of ketones is 1. The van der Waals surface area contributed by atoms with Gasteiger partial charge in [-0.15, -0.1) is 0 Å². The van der Waals surface area contributed by atoms with Crippen LogP contribution in [0.4, 0.5) is 14.5 Å². The SMILES string of the molecule is CN1CCN(c2ccc(C(=O)NC(CC(C)(C)C)C(=O)N3C[C@@H](C(F)F)[C@H]4OCC(=O)[C@H]43)cc2)CC1. The maximum atomic E-state index is 13.6. The molecule has 0 aliphatic carbocycles. The van der Waals surface area contributed by atoms with E-state index in [0.717, 1.165) is 31.9 Å². The van der Waals surface area contributed by atoms with Gasteiger partial charge in [-0.1, -0.05) is 20.8 Å². The number of halogens is 2. The Balaban J connectivity index is 1.49. The Labute approximate surface area is 210 Å². The van der Waals surface area contributed by atoms with E-state index in [1.807, 2.05) is 32.9 Å². The molecule has 1 unspecified atom stereocenters. The van der Waals surface area contributed by atoms with Gasteiger partial charge in [0, 0.05) is 44.0 Å². The number of alkyl halides is 2. The molecular weight excluding hydrogens is 470 g/mol. The van der Waals surface area contributed by atoms with E-state index in [4.69, 9.17) is 4.74 Å². The summed E-state index contributed by atoms with van der Waals surface area (Å²) in [6, 6.07) is 5.27. The lowest BCUT2D eigenvalue weighted by molar-refractivity contribution is -0.138. The van der Waals surface area contributed by atoms with Gasteiger partial charge in [0.05, 0.1) is 12.0 Å². The predicted octanol–water partition coefficient (Wildman–Crippen LogP) is 2.03. The van der Waals surface area contributed by atoms with Crippen LogP contribution in [0.2, 0.25) is 0 Å². The summed E-state index contributed by atoms with van der Waals surface area (Å²) in [7, 11) is 2.09. The molecule has 1 aromatic carbocycles. The zero-order valence-electron chi connectivity index (χ0n) is 21.4. The molecule has 0 spiro atoms. The van der Waals surface area contributed by atoms with E-state index in [-0.39, 0.29) is 24.3 Å². The first-order chi connectivity index (χ1) is 16.9. The monoisotopic (exact) mass is 506 g/mol. The van der Waals surface area contributed by atoms with Gasteiger partial charge in [0.2, 0.25) is 12.3 Å². The summed E-state index contributed by atoms with van der Waals surface area (Å²) in [6.07, 6.45) is -3.43. The number of amides is 2. The van der Waals surface area contributed by atoms with Crippen molar-refractivity contribution in [2.45, 2.75) is 51.8 Å². The number of carbonyl (C=O) groups is 3. The number of hydrogen-bond acceptors (Lipinski definition) is 6. The maximum Gasteiger partial charge on any atom is 0.251 e. The molecule has 3 aliphatic heterocycles. The van der Waals surface area contributed by atoms with Gasteiger partial charge in [0.1, 0.15) is 18.7 Å². The molecule has 1 aromatic rings. The molecule has 0 radical (unpaired) electrons. The average Bonchev–Trinajstić information content (AvgIpc) is 3.38. The third kappa shape index (κ3) is 5.70. The van der Waals surface area contributed by atoms with Gasteiger partial charge in [0.25, 0.3) is 5.91 Å². The minimum Gasteiger partial charge on any atom is -0.369 e. The van der Waals surface area contributed by atoms with Crippen LogP contribution in [-0.2, 0) is 14.3 Å². The van der Waals surface area contributed by atoms with E-state index >= 15 is 0 Å². The number of anilines is 1. The molecule has 3 heterocycles. The Bertz CT molecular complexity index is 973. The Hall–Kier alpha value is -2.59. The van der Waals surface area contributed by atoms with E-state index in [9.17, 15) is 23.2 Å². The highest BCUT2D eigenvalue weighted by Gasteiger charge is 2.55. The van der Waals surface area contributed by atoms with Crippen molar-refractivity contribution in [1.29, 1.82) is 0 Å². The highest BCUT2D eigenvalue weighted by atomic mass is 19.3. The van der Waals surface area contributed by atoms with Crippen molar-refractivity contribution >= 4 is 23.3 Å². The van der Waals surface area contributed by atoms with Crippen LogP contribution >= 0.6 is 0 Å². The van der Waals surface area contributed by atoms with Crippen molar-refractivity contribution in [3.8, 4) is 0 Å². The van der Waals surface area contributed by atoms with Crippen molar-refractivity contribution in [3.63, 3.8) is 0 Å². The minimum atomic E-state index is -2.71. The summed E-state index contributed by atoms with van der Waals surface area (Å²) >= 11 is 0. The van der Waals surface area contributed by atoms with Crippen LogP contribution < -0.4 is 10.2 Å². The van der Waals surface area contributed by atoms with Crippen LogP contribution in [-0.4, -0.2) is 98.4 Å². The number of carbonyl (C=O) groups excluding carboxylic acids is 3. The summed E-state index contributed by atoms with van der Waals surface area (Å²) in [4.78, 5) is 44.9. The van der Waals surface area contributed by atoms with Crippen LogP contribution in [0.1, 0.15) is 37.6 Å². The first kappa shape index (κ1) is 26.5. The first-order valence-corrected chi connectivity index (χ1v) is 12.5. The second-order valence-electron chi connectivity index (χ2n) is 11.3. The van der Waals surface area contributed by atoms with Gasteiger partial charge in [-0.3, -0.25) is 14.4 Å². The number of Topliss-reactive ketones (excluding diaryl/α,β-unsaturated/α-hetero) is 1. The molecule has 0 bridgehead atoms. The van der Waals surface area contributed by atoms with E-state index < -0.39 is 42.3 Å². The van der Waals surface area contributed by atoms with Crippen LogP contribution in [0, 0.1) is 11.3 Å². The molecule has 4 atom stereocenters. The molecule has 1 N–H and O–H groups in total. The average molecular weight is 507 g/mol. The summed E-state index contributed by atoms with van der Waals surface area (Å²) in [6.45, 7) is 9.00. The molecule has 3 fully saturated rings. The summed E-state index contributed by atoms with van der Waals surface area (Å²) in [5.74, 6) is -2.54. The number of nitrogens with one attached hydrogen (secondary N) is 1. The number of fused-ring (bicyclic) bond motifs is 1. The lowest BCUT2D eigenvalue weighted by Gasteiger charge is -2.34. The molecule has 2 amide bonds. The fourth-order valence-corrected chi connectivity index (χ4v) is 5.28. The second kappa shape index (κ2) is 10.4. The molecule has 8 nitrogen and oxygen atoms in total. The van der Waals surface area contributed by atoms with Crippen molar-refractivity contribution in [3.05, 3.63) is 29.8 Å². The van der Waals surface area contributed by atoms with Gasteiger partial charge in [-0.2, -0.15) is 0 Å². The molecule has 0 saturated carbocycles. The lowest BCUT2D eigenvalue weighted by Crippen LogP contribution is -2.53. The summed E-state index contributed by atoms with van der Waals surface area (Å²) in [5, 5.41) is 2.82. The van der Waals surface area contributed by atoms with Crippen molar-refractivity contribution in [2.24, 2.45) is 11.3 Å². The Morgan fingerprint density at radius 3 is 2.33 bits per heavy atom. The van der Waals surface area contributed by atoms with Gasteiger partial charge >= 0.3 is 0 Å². The fraction of sp³-hybridized carbons (Fsp3) is 0.654. The maximum absolute atomic E-state index is 13.6. The quantitative estimate of drug-likeness (QED) is 0.636. The number of nitrogens with zero attached hydrogens (tertiary/aromatic N) is 3. The van der Waals surface area contributed by atoms with E-state index in [1.165, 1.54) is 4.90 Å². The fourth-order valence-electron chi connectivity index (χ4n) is 5.28. The number of benzene rings is 1. The zero-order chi connectivity index (χ0) is 26.2. The normalized spacial score (nSPS) is 25.9. The number of rotatable bonds is 6. The summed E-state index contributed by atoms with van der Waals surface area (Å²) < 4.78 is 32.6. The van der Waals surface area contributed by atoms with Gasteiger partial charge in [-0.05, 0) is 43.1 Å². The third-order valence-corrected chi connectivity index (χ3v) is 7.25. The standard InChI is InChI=1S/C26H36F2N4O4/c1-26(2,3)13-19(25(35)32-14-18(23(27)28)22-21(32)20(33)15-36-22)29-24(34)16-5-7-17(8-6-16)31-11-9-30(4)10-12-31/h5-8,18-19,21-23H,9-15H2,1-4H3,(H,29,34)/t18-,19?,21-,22-/m1/s1.